The van der Waals surface area contributed by atoms with Gasteiger partial charge in [0.25, 0.3) is 0 Å². The summed E-state index contributed by atoms with van der Waals surface area (Å²) in [5, 5.41) is 2.71. The Kier molecular flexibility index (Phi) is 5.11. The van der Waals surface area contributed by atoms with Crippen LogP contribution in [0, 0.1) is 5.82 Å². The van der Waals surface area contributed by atoms with Gasteiger partial charge in [-0.15, -0.1) is 0 Å². The normalized spacial score (nSPS) is 13.8. The summed E-state index contributed by atoms with van der Waals surface area (Å²) >= 11 is 5.73. The maximum absolute atomic E-state index is 13.2. The Bertz CT molecular complexity index is 800. The molecular formula is C18H18ClFN2O3. The predicted molar refractivity (Wildman–Crippen MR) is 93.5 cm³/mol. The topological polar surface area (TPSA) is 50.8 Å². The molecule has 25 heavy (non-hydrogen) atoms. The van der Waals surface area contributed by atoms with E-state index in [2.05, 4.69) is 5.32 Å². The van der Waals surface area contributed by atoms with E-state index in [9.17, 15) is 9.18 Å². The number of rotatable bonds is 5. The number of ether oxygens (including phenoxy) is 2. The van der Waals surface area contributed by atoms with Gasteiger partial charge in [-0.05, 0) is 49.9 Å². The summed E-state index contributed by atoms with van der Waals surface area (Å²) in [6, 6.07) is 9.39. The summed E-state index contributed by atoms with van der Waals surface area (Å²) in [6.45, 7) is 2.59. The number of anilines is 1. The summed E-state index contributed by atoms with van der Waals surface area (Å²) in [5.41, 5.74) is 1.47. The zero-order valence-corrected chi connectivity index (χ0v) is 14.6. The lowest BCUT2D eigenvalue weighted by Gasteiger charge is -2.24. The molecule has 0 bridgehead atoms. The highest BCUT2D eigenvalue weighted by Crippen LogP contribution is 2.32. The lowest BCUT2D eigenvalue weighted by Crippen LogP contribution is -2.39. The second kappa shape index (κ2) is 7.29. The zero-order valence-electron chi connectivity index (χ0n) is 13.9. The minimum atomic E-state index is -0.521. The fourth-order valence-corrected chi connectivity index (χ4v) is 2.67. The second-order valence-electron chi connectivity index (χ2n) is 5.90. The smallest absolute Gasteiger partial charge is 0.241 e. The van der Waals surface area contributed by atoms with E-state index in [-0.39, 0.29) is 17.7 Å². The lowest BCUT2D eigenvalue weighted by atomic mass is 10.1. The SMILES string of the molecule is CC(C(=O)Nc1ccc(F)c(Cl)c1)N(C)Cc1ccc2c(c1)OCO2. The molecule has 1 amide bonds. The van der Waals surface area contributed by atoms with Gasteiger partial charge in [0.2, 0.25) is 12.7 Å². The van der Waals surface area contributed by atoms with Crippen LogP contribution in [-0.2, 0) is 11.3 Å². The van der Waals surface area contributed by atoms with E-state index in [0.717, 1.165) is 11.3 Å². The Morgan fingerprint density at radius 3 is 2.80 bits per heavy atom. The Morgan fingerprint density at radius 2 is 2.04 bits per heavy atom. The summed E-state index contributed by atoms with van der Waals surface area (Å²) in [7, 11) is 1.85. The molecule has 2 aromatic rings. The highest BCUT2D eigenvalue weighted by atomic mass is 35.5. The quantitative estimate of drug-likeness (QED) is 0.879. The number of benzene rings is 2. The molecular weight excluding hydrogens is 347 g/mol. The number of carbonyl (C=O) groups is 1. The molecule has 1 aliphatic heterocycles. The van der Waals surface area contributed by atoms with Crippen LogP contribution in [0.1, 0.15) is 12.5 Å². The van der Waals surface area contributed by atoms with Crippen LogP contribution >= 0.6 is 11.6 Å². The van der Waals surface area contributed by atoms with Crippen LogP contribution in [0.25, 0.3) is 0 Å². The van der Waals surface area contributed by atoms with Crippen LogP contribution in [-0.4, -0.2) is 30.7 Å². The fraction of sp³-hybridized carbons (Fsp3) is 0.278. The van der Waals surface area contributed by atoms with E-state index in [1.54, 1.807) is 6.92 Å². The van der Waals surface area contributed by atoms with Crippen molar-refractivity contribution in [3.63, 3.8) is 0 Å². The first-order valence-electron chi connectivity index (χ1n) is 7.78. The van der Waals surface area contributed by atoms with E-state index in [1.165, 1.54) is 18.2 Å². The van der Waals surface area contributed by atoms with Gasteiger partial charge in [0, 0.05) is 12.2 Å². The van der Waals surface area contributed by atoms with E-state index in [4.69, 9.17) is 21.1 Å². The van der Waals surface area contributed by atoms with Gasteiger partial charge in [-0.1, -0.05) is 17.7 Å². The first-order chi connectivity index (χ1) is 11.9. The molecule has 0 aromatic heterocycles. The van der Waals surface area contributed by atoms with Gasteiger partial charge in [0.15, 0.2) is 11.5 Å². The first-order valence-corrected chi connectivity index (χ1v) is 8.16. The van der Waals surface area contributed by atoms with Crippen molar-refractivity contribution >= 4 is 23.2 Å². The molecule has 0 radical (unpaired) electrons. The Balaban J connectivity index is 1.62. The predicted octanol–water partition coefficient (Wildman–Crippen LogP) is 3.67. The second-order valence-corrected chi connectivity index (χ2v) is 6.30. The third-order valence-electron chi connectivity index (χ3n) is 4.10. The number of halogens is 2. The molecule has 5 nitrogen and oxygen atoms in total. The number of amides is 1. The van der Waals surface area contributed by atoms with Crippen LogP contribution in [0.5, 0.6) is 11.5 Å². The van der Waals surface area contributed by atoms with Crippen molar-refractivity contribution in [1.82, 2.24) is 4.90 Å². The van der Waals surface area contributed by atoms with Crippen LogP contribution in [0.2, 0.25) is 5.02 Å². The lowest BCUT2D eigenvalue weighted by molar-refractivity contribution is -0.120. The van der Waals surface area contributed by atoms with Crippen LogP contribution in [0.4, 0.5) is 10.1 Å². The van der Waals surface area contributed by atoms with Crippen LogP contribution in [0.15, 0.2) is 36.4 Å². The van der Waals surface area contributed by atoms with Gasteiger partial charge in [-0.3, -0.25) is 9.69 Å². The van der Waals surface area contributed by atoms with Gasteiger partial charge < -0.3 is 14.8 Å². The molecule has 1 heterocycles. The highest BCUT2D eigenvalue weighted by molar-refractivity contribution is 6.31. The molecule has 0 saturated heterocycles. The van der Waals surface area contributed by atoms with Crippen molar-refractivity contribution in [3.8, 4) is 11.5 Å². The number of hydrogen-bond donors (Lipinski definition) is 1. The van der Waals surface area contributed by atoms with E-state index < -0.39 is 11.9 Å². The maximum atomic E-state index is 13.2. The van der Waals surface area contributed by atoms with Gasteiger partial charge in [-0.2, -0.15) is 0 Å². The summed E-state index contributed by atoms with van der Waals surface area (Å²) in [4.78, 5) is 14.3. The number of fused-ring (bicyclic) bond motifs is 1. The number of carbonyl (C=O) groups excluding carboxylic acids is 1. The largest absolute Gasteiger partial charge is 0.454 e. The van der Waals surface area contributed by atoms with Gasteiger partial charge in [-0.25, -0.2) is 4.39 Å². The molecule has 1 N–H and O–H groups in total. The standard InChI is InChI=1S/C18H18ClFN2O3/c1-11(18(23)21-13-4-5-15(20)14(19)8-13)22(2)9-12-3-6-16-17(7-12)25-10-24-16/h3-8,11H,9-10H2,1-2H3,(H,21,23). The molecule has 2 aromatic carbocycles. The summed E-state index contributed by atoms with van der Waals surface area (Å²) < 4.78 is 23.8. The molecule has 1 unspecified atom stereocenters. The van der Waals surface area contributed by atoms with Gasteiger partial charge in [0.1, 0.15) is 5.82 Å². The Morgan fingerprint density at radius 1 is 1.28 bits per heavy atom. The van der Waals surface area contributed by atoms with E-state index >= 15 is 0 Å². The average Bonchev–Trinajstić information content (AvgIpc) is 3.05. The van der Waals surface area contributed by atoms with Crippen molar-refractivity contribution in [2.45, 2.75) is 19.5 Å². The molecule has 1 atom stereocenters. The number of nitrogens with zero attached hydrogens (tertiary/aromatic N) is 1. The fourth-order valence-electron chi connectivity index (χ4n) is 2.48. The monoisotopic (exact) mass is 364 g/mol. The molecule has 0 aliphatic carbocycles. The third-order valence-corrected chi connectivity index (χ3v) is 4.39. The summed E-state index contributed by atoms with van der Waals surface area (Å²) in [5.74, 6) is 0.716. The van der Waals surface area contributed by atoms with Crippen LogP contribution in [0.3, 0.4) is 0 Å². The highest BCUT2D eigenvalue weighted by Gasteiger charge is 2.20. The molecule has 1 aliphatic rings. The van der Waals surface area contributed by atoms with E-state index in [0.29, 0.717) is 18.0 Å². The minimum absolute atomic E-state index is 0.0285. The number of likely N-dealkylation sites (N-methyl/N-ethyl adjacent to an activating group) is 1. The molecule has 3 rings (SSSR count). The van der Waals surface area contributed by atoms with Crippen molar-refractivity contribution < 1.29 is 18.7 Å². The molecule has 0 spiro atoms. The Labute approximate surface area is 150 Å². The average molecular weight is 365 g/mol. The minimum Gasteiger partial charge on any atom is -0.454 e. The summed E-state index contributed by atoms with van der Waals surface area (Å²) in [6.07, 6.45) is 0. The van der Waals surface area contributed by atoms with Crippen molar-refractivity contribution in [3.05, 3.63) is 52.8 Å². The molecule has 7 heteroatoms. The third kappa shape index (κ3) is 4.03. The zero-order chi connectivity index (χ0) is 18.0. The van der Waals surface area contributed by atoms with Crippen molar-refractivity contribution in [2.24, 2.45) is 0 Å². The van der Waals surface area contributed by atoms with Crippen molar-refractivity contribution in [1.29, 1.82) is 0 Å². The van der Waals surface area contributed by atoms with Crippen LogP contribution < -0.4 is 14.8 Å². The maximum Gasteiger partial charge on any atom is 0.241 e. The molecule has 0 fully saturated rings. The number of nitrogens with one attached hydrogen (secondary N) is 1. The Hall–Kier alpha value is -2.31. The number of hydrogen-bond acceptors (Lipinski definition) is 4. The molecule has 0 saturated carbocycles. The van der Waals surface area contributed by atoms with Crippen molar-refractivity contribution in [2.75, 3.05) is 19.2 Å². The first kappa shape index (κ1) is 17.5. The van der Waals surface area contributed by atoms with Gasteiger partial charge in [0.05, 0.1) is 11.1 Å². The van der Waals surface area contributed by atoms with Gasteiger partial charge >= 0.3 is 0 Å². The molecule has 132 valence electrons. The van der Waals surface area contributed by atoms with E-state index in [1.807, 2.05) is 30.1 Å².